The van der Waals surface area contributed by atoms with E-state index < -0.39 is 0 Å². The zero-order chi connectivity index (χ0) is 9.90. The molecule has 1 rings (SSSR count). The van der Waals surface area contributed by atoms with E-state index in [-0.39, 0.29) is 12.0 Å². The van der Waals surface area contributed by atoms with Crippen LogP contribution < -0.4 is 5.32 Å². The Labute approximate surface area is 77.9 Å². The lowest BCUT2D eigenvalue weighted by Gasteiger charge is -2.16. The Balaban J connectivity index is 2.79. The minimum Gasteiger partial charge on any atom is -0.395 e. The molecule has 4 nitrogen and oxygen atoms in total. The highest BCUT2D eigenvalue weighted by molar-refractivity contribution is 5.33. The third kappa shape index (κ3) is 2.21. The molecule has 0 aromatic carbocycles. The second-order valence-electron chi connectivity index (χ2n) is 3.65. The largest absolute Gasteiger partial charge is 0.395 e. The van der Waals surface area contributed by atoms with Crippen LogP contribution >= 0.6 is 0 Å². The van der Waals surface area contributed by atoms with Crippen LogP contribution in [-0.4, -0.2) is 23.4 Å². The quantitative estimate of drug-likeness (QED) is 0.742. The summed E-state index contributed by atoms with van der Waals surface area (Å²) in [6.45, 7) is 6.68. The number of aliphatic hydroxyl groups excluding tert-OH is 1. The number of aromatic nitrogens is 1. The van der Waals surface area contributed by atoms with Gasteiger partial charge in [0.1, 0.15) is 0 Å². The molecule has 0 aliphatic heterocycles. The smallest absolute Gasteiger partial charge is 0.224 e. The molecule has 13 heavy (non-hydrogen) atoms. The maximum atomic E-state index is 9.08. The predicted molar refractivity (Wildman–Crippen MR) is 50.8 cm³/mol. The van der Waals surface area contributed by atoms with Crippen LogP contribution in [0.2, 0.25) is 0 Å². The number of hydrogen-bond donors (Lipinski definition) is 2. The highest BCUT2D eigenvalue weighted by Gasteiger charge is 2.23. The summed E-state index contributed by atoms with van der Waals surface area (Å²) in [6, 6.07) is 1.82. The molecular formula is C9H16N2O2. The average Bonchev–Trinajstić information content (AvgIpc) is 2.54. The van der Waals surface area contributed by atoms with Crippen molar-refractivity contribution in [1.82, 2.24) is 5.16 Å². The highest BCUT2D eigenvalue weighted by atomic mass is 16.5. The fraction of sp³-hybridized carbons (Fsp3) is 0.667. The van der Waals surface area contributed by atoms with Gasteiger partial charge < -0.3 is 14.9 Å². The maximum Gasteiger partial charge on any atom is 0.224 e. The molecule has 0 amide bonds. The summed E-state index contributed by atoms with van der Waals surface area (Å²) in [6.07, 6.45) is 0. The molecule has 74 valence electrons. The van der Waals surface area contributed by atoms with Crippen LogP contribution in [-0.2, 0) is 5.41 Å². The molecule has 0 unspecified atom stereocenters. The Hall–Kier alpha value is -1.03. The second-order valence-corrected chi connectivity index (χ2v) is 3.65. The van der Waals surface area contributed by atoms with E-state index in [9.17, 15) is 0 Å². The summed E-state index contributed by atoms with van der Waals surface area (Å²) in [4.78, 5) is 0. The summed E-state index contributed by atoms with van der Waals surface area (Å²) in [5.41, 5.74) is 0.433. The van der Waals surface area contributed by atoms with E-state index in [2.05, 4.69) is 10.5 Å². The van der Waals surface area contributed by atoms with E-state index in [4.69, 9.17) is 9.63 Å². The van der Waals surface area contributed by atoms with Crippen molar-refractivity contribution < 1.29 is 9.63 Å². The normalized spacial score (nSPS) is 11.7. The van der Waals surface area contributed by atoms with E-state index in [1.165, 1.54) is 0 Å². The molecule has 0 aliphatic carbocycles. The standard InChI is InChI=1S/C9H16N2O2/c1-4-10-8-5-7(11-13-8)9(2,3)6-12/h5,10,12H,4,6H2,1-3H3. The van der Waals surface area contributed by atoms with Gasteiger partial charge in [-0.1, -0.05) is 19.0 Å². The van der Waals surface area contributed by atoms with E-state index in [0.717, 1.165) is 12.2 Å². The Morgan fingerprint density at radius 2 is 2.31 bits per heavy atom. The van der Waals surface area contributed by atoms with Gasteiger partial charge in [-0.25, -0.2) is 0 Å². The molecule has 0 atom stereocenters. The highest BCUT2D eigenvalue weighted by Crippen LogP contribution is 2.23. The Kier molecular flexibility index (Phi) is 2.93. The van der Waals surface area contributed by atoms with E-state index in [0.29, 0.717) is 5.88 Å². The molecule has 1 aromatic heterocycles. The van der Waals surface area contributed by atoms with Crippen molar-refractivity contribution in [2.24, 2.45) is 0 Å². The second kappa shape index (κ2) is 3.79. The Morgan fingerprint density at radius 1 is 1.62 bits per heavy atom. The molecule has 0 radical (unpaired) electrons. The minimum atomic E-state index is -0.336. The number of aliphatic hydroxyl groups is 1. The van der Waals surface area contributed by atoms with Gasteiger partial charge in [0.2, 0.25) is 5.88 Å². The van der Waals surface area contributed by atoms with Crippen LogP contribution in [0.5, 0.6) is 0 Å². The van der Waals surface area contributed by atoms with Crippen molar-refractivity contribution in [2.45, 2.75) is 26.2 Å². The van der Waals surface area contributed by atoms with Gasteiger partial charge in [-0.15, -0.1) is 0 Å². The summed E-state index contributed by atoms with van der Waals surface area (Å²) >= 11 is 0. The first kappa shape index (κ1) is 10.1. The fourth-order valence-corrected chi connectivity index (χ4v) is 0.933. The van der Waals surface area contributed by atoms with Crippen molar-refractivity contribution in [2.75, 3.05) is 18.5 Å². The van der Waals surface area contributed by atoms with Crippen LogP contribution in [0.4, 0.5) is 5.88 Å². The van der Waals surface area contributed by atoms with Crippen LogP contribution in [0.3, 0.4) is 0 Å². The molecule has 0 fully saturated rings. The number of nitrogens with zero attached hydrogens (tertiary/aromatic N) is 1. The van der Waals surface area contributed by atoms with Gasteiger partial charge in [-0.05, 0) is 6.92 Å². The molecule has 0 saturated carbocycles. The van der Waals surface area contributed by atoms with Crippen LogP contribution in [0.1, 0.15) is 26.5 Å². The van der Waals surface area contributed by atoms with E-state index >= 15 is 0 Å². The predicted octanol–water partition coefficient (Wildman–Crippen LogP) is 1.38. The molecule has 0 spiro atoms. The van der Waals surface area contributed by atoms with Gasteiger partial charge in [0, 0.05) is 18.0 Å². The van der Waals surface area contributed by atoms with E-state index in [1.54, 1.807) is 0 Å². The summed E-state index contributed by atoms with van der Waals surface area (Å²) in [7, 11) is 0. The van der Waals surface area contributed by atoms with Crippen molar-refractivity contribution in [1.29, 1.82) is 0 Å². The Morgan fingerprint density at radius 3 is 2.85 bits per heavy atom. The zero-order valence-corrected chi connectivity index (χ0v) is 8.29. The van der Waals surface area contributed by atoms with Crippen LogP contribution in [0.15, 0.2) is 10.6 Å². The molecule has 0 aliphatic rings. The zero-order valence-electron chi connectivity index (χ0n) is 8.29. The first-order valence-electron chi connectivity index (χ1n) is 4.42. The molecular weight excluding hydrogens is 168 g/mol. The third-order valence-electron chi connectivity index (χ3n) is 1.95. The van der Waals surface area contributed by atoms with Gasteiger partial charge in [0.25, 0.3) is 0 Å². The van der Waals surface area contributed by atoms with Crippen molar-refractivity contribution in [3.05, 3.63) is 11.8 Å². The summed E-state index contributed by atoms with van der Waals surface area (Å²) in [5.74, 6) is 0.652. The number of anilines is 1. The number of rotatable bonds is 4. The molecule has 2 N–H and O–H groups in total. The third-order valence-corrected chi connectivity index (χ3v) is 1.95. The van der Waals surface area contributed by atoms with Gasteiger partial charge in [-0.3, -0.25) is 0 Å². The topological polar surface area (TPSA) is 58.3 Å². The summed E-state index contributed by atoms with van der Waals surface area (Å²) in [5, 5.41) is 16.0. The SMILES string of the molecule is CCNc1cc(C(C)(C)CO)no1. The van der Waals surface area contributed by atoms with Crippen LogP contribution in [0.25, 0.3) is 0 Å². The minimum absolute atomic E-state index is 0.0606. The molecule has 0 saturated heterocycles. The average molecular weight is 184 g/mol. The Bertz CT molecular complexity index is 268. The van der Waals surface area contributed by atoms with Crippen molar-refractivity contribution in [3.63, 3.8) is 0 Å². The summed E-state index contributed by atoms with van der Waals surface area (Å²) < 4.78 is 5.02. The lowest BCUT2D eigenvalue weighted by atomic mass is 9.91. The molecule has 1 heterocycles. The van der Waals surface area contributed by atoms with Crippen LogP contribution in [0, 0.1) is 0 Å². The van der Waals surface area contributed by atoms with Gasteiger partial charge in [-0.2, -0.15) is 0 Å². The molecule has 4 heteroatoms. The lowest BCUT2D eigenvalue weighted by molar-refractivity contribution is 0.210. The maximum absolute atomic E-state index is 9.08. The molecule has 0 bridgehead atoms. The number of hydrogen-bond acceptors (Lipinski definition) is 4. The van der Waals surface area contributed by atoms with Gasteiger partial charge >= 0.3 is 0 Å². The van der Waals surface area contributed by atoms with Gasteiger partial charge in [0.15, 0.2) is 0 Å². The van der Waals surface area contributed by atoms with E-state index in [1.807, 2.05) is 26.8 Å². The van der Waals surface area contributed by atoms with Gasteiger partial charge in [0.05, 0.1) is 12.3 Å². The van der Waals surface area contributed by atoms with Crippen molar-refractivity contribution >= 4 is 5.88 Å². The monoisotopic (exact) mass is 184 g/mol. The first-order valence-corrected chi connectivity index (χ1v) is 4.42. The number of nitrogens with one attached hydrogen (secondary N) is 1. The van der Waals surface area contributed by atoms with Crippen molar-refractivity contribution in [3.8, 4) is 0 Å². The molecule has 1 aromatic rings. The first-order chi connectivity index (χ1) is 6.10. The fourth-order valence-electron chi connectivity index (χ4n) is 0.933. The lowest BCUT2D eigenvalue weighted by Crippen LogP contribution is -2.22.